The highest BCUT2D eigenvalue weighted by Crippen LogP contribution is 2.43. The number of fused-ring (bicyclic) bond motifs is 1. The standard InChI is InChI=1S/C25H33NO2/c1-26-24(27)22-16-20(14-12-18-8-4-2-5-9-18)21(17-23(22)25(26)28)15-13-19-10-6-3-7-11-19/h18-23H,2-11,16-17H2,1H3. The highest BCUT2D eigenvalue weighted by Gasteiger charge is 2.51. The summed E-state index contributed by atoms with van der Waals surface area (Å²) in [7, 11) is 1.63. The number of hydrogen-bond acceptors (Lipinski definition) is 2. The second-order valence-corrected chi connectivity index (χ2v) is 9.38. The molecule has 4 rings (SSSR count). The molecule has 4 atom stereocenters. The van der Waals surface area contributed by atoms with Crippen molar-refractivity contribution in [1.29, 1.82) is 0 Å². The Kier molecular flexibility index (Phi) is 6.10. The maximum absolute atomic E-state index is 12.5. The lowest BCUT2D eigenvalue weighted by atomic mass is 9.69. The van der Waals surface area contributed by atoms with E-state index in [0.717, 1.165) is 0 Å². The van der Waals surface area contributed by atoms with Gasteiger partial charge < -0.3 is 0 Å². The molecule has 1 saturated heterocycles. The van der Waals surface area contributed by atoms with Crippen molar-refractivity contribution in [3.8, 4) is 23.7 Å². The molecule has 1 aliphatic heterocycles. The van der Waals surface area contributed by atoms with Crippen LogP contribution in [0.1, 0.15) is 77.0 Å². The molecule has 3 saturated carbocycles. The monoisotopic (exact) mass is 379 g/mol. The molecule has 0 aromatic carbocycles. The fourth-order valence-electron chi connectivity index (χ4n) is 5.62. The third kappa shape index (κ3) is 4.15. The summed E-state index contributed by atoms with van der Waals surface area (Å²) >= 11 is 0. The predicted molar refractivity (Wildman–Crippen MR) is 110 cm³/mol. The largest absolute Gasteiger partial charge is 0.285 e. The molecule has 0 spiro atoms. The van der Waals surface area contributed by atoms with Crippen LogP contribution in [-0.2, 0) is 9.59 Å². The van der Waals surface area contributed by atoms with E-state index in [4.69, 9.17) is 0 Å². The van der Waals surface area contributed by atoms with Crippen LogP contribution < -0.4 is 0 Å². The molecule has 2 amide bonds. The molecule has 28 heavy (non-hydrogen) atoms. The lowest BCUT2D eigenvalue weighted by Crippen LogP contribution is -2.32. The van der Waals surface area contributed by atoms with E-state index < -0.39 is 0 Å². The van der Waals surface area contributed by atoms with Gasteiger partial charge in [-0.2, -0.15) is 0 Å². The van der Waals surface area contributed by atoms with Crippen molar-refractivity contribution in [2.24, 2.45) is 35.5 Å². The summed E-state index contributed by atoms with van der Waals surface area (Å²) < 4.78 is 0. The Balaban J connectivity index is 1.53. The van der Waals surface area contributed by atoms with Crippen LogP contribution >= 0.6 is 0 Å². The highest BCUT2D eigenvalue weighted by atomic mass is 16.2. The second kappa shape index (κ2) is 8.73. The molecule has 0 N–H and O–H groups in total. The van der Waals surface area contributed by atoms with Gasteiger partial charge >= 0.3 is 0 Å². The zero-order chi connectivity index (χ0) is 19.5. The summed E-state index contributed by atoms with van der Waals surface area (Å²) in [5, 5.41) is 0. The third-order valence-corrected chi connectivity index (χ3v) is 7.44. The molecular formula is C25H33NO2. The molecule has 3 aliphatic carbocycles. The first-order valence-electron chi connectivity index (χ1n) is 11.5. The summed E-state index contributed by atoms with van der Waals surface area (Å²) in [5.41, 5.74) is 0. The van der Waals surface area contributed by atoms with Gasteiger partial charge in [-0.25, -0.2) is 0 Å². The first kappa shape index (κ1) is 19.6. The van der Waals surface area contributed by atoms with Gasteiger partial charge in [-0.1, -0.05) is 62.2 Å². The molecule has 4 aliphatic rings. The van der Waals surface area contributed by atoms with E-state index >= 15 is 0 Å². The molecule has 4 fully saturated rings. The van der Waals surface area contributed by atoms with Crippen molar-refractivity contribution in [3.05, 3.63) is 0 Å². The normalized spacial score (nSPS) is 34.2. The SMILES string of the molecule is CN1C(=O)C2CC(C#CC3CCCCC3)C(C#CC3CCCCC3)CC2C1=O. The molecule has 0 radical (unpaired) electrons. The van der Waals surface area contributed by atoms with Gasteiger partial charge in [0.2, 0.25) is 11.8 Å². The van der Waals surface area contributed by atoms with E-state index in [0.29, 0.717) is 24.7 Å². The van der Waals surface area contributed by atoms with E-state index in [9.17, 15) is 9.59 Å². The van der Waals surface area contributed by atoms with E-state index in [2.05, 4.69) is 23.7 Å². The van der Waals surface area contributed by atoms with Crippen LogP contribution in [0, 0.1) is 59.2 Å². The Labute approximate surface area is 170 Å². The fourth-order valence-corrected chi connectivity index (χ4v) is 5.62. The number of likely N-dealkylation sites (tertiary alicyclic amines) is 1. The van der Waals surface area contributed by atoms with Gasteiger partial charge in [-0.05, 0) is 38.5 Å². The third-order valence-electron chi connectivity index (χ3n) is 7.44. The molecule has 0 bridgehead atoms. The zero-order valence-corrected chi connectivity index (χ0v) is 17.2. The fraction of sp³-hybridized carbons (Fsp3) is 0.760. The van der Waals surface area contributed by atoms with Crippen molar-refractivity contribution in [2.45, 2.75) is 77.0 Å². The number of carbonyl (C=O) groups is 2. The average molecular weight is 380 g/mol. The van der Waals surface area contributed by atoms with Crippen molar-refractivity contribution < 1.29 is 9.59 Å². The molecule has 1 heterocycles. The summed E-state index contributed by atoms with van der Waals surface area (Å²) in [4.78, 5) is 26.4. The summed E-state index contributed by atoms with van der Waals surface area (Å²) in [6.45, 7) is 0. The average Bonchev–Trinajstić information content (AvgIpc) is 2.95. The van der Waals surface area contributed by atoms with Crippen LogP contribution in [0.4, 0.5) is 0 Å². The number of amides is 2. The predicted octanol–water partition coefficient (Wildman–Crippen LogP) is 4.41. The molecule has 3 nitrogen and oxygen atoms in total. The molecular weight excluding hydrogens is 346 g/mol. The highest BCUT2D eigenvalue weighted by molar-refractivity contribution is 6.05. The van der Waals surface area contributed by atoms with Gasteiger partial charge in [0.05, 0.1) is 11.8 Å². The molecule has 3 heteroatoms. The van der Waals surface area contributed by atoms with Gasteiger partial charge in [0, 0.05) is 30.7 Å². The van der Waals surface area contributed by atoms with Crippen molar-refractivity contribution >= 4 is 11.8 Å². The van der Waals surface area contributed by atoms with Crippen LogP contribution in [0.2, 0.25) is 0 Å². The minimum absolute atomic E-state index is 0.00171. The van der Waals surface area contributed by atoms with Crippen LogP contribution in [-0.4, -0.2) is 23.8 Å². The van der Waals surface area contributed by atoms with E-state index in [1.165, 1.54) is 69.1 Å². The number of hydrogen-bond donors (Lipinski definition) is 0. The first-order valence-corrected chi connectivity index (χ1v) is 11.5. The second-order valence-electron chi connectivity index (χ2n) is 9.38. The van der Waals surface area contributed by atoms with Crippen molar-refractivity contribution in [2.75, 3.05) is 7.05 Å². The molecule has 4 unspecified atom stereocenters. The van der Waals surface area contributed by atoms with Crippen molar-refractivity contribution in [1.82, 2.24) is 4.90 Å². The van der Waals surface area contributed by atoms with Crippen LogP contribution in [0.25, 0.3) is 0 Å². The minimum Gasteiger partial charge on any atom is -0.285 e. The Morgan fingerprint density at radius 1 is 0.643 bits per heavy atom. The Morgan fingerprint density at radius 2 is 1.04 bits per heavy atom. The lowest BCUT2D eigenvalue weighted by Gasteiger charge is -2.31. The van der Waals surface area contributed by atoms with E-state index in [1.807, 2.05) is 0 Å². The molecule has 0 aromatic rings. The Morgan fingerprint density at radius 3 is 1.43 bits per heavy atom. The van der Waals surface area contributed by atoms with Gasteiger partial charge in [-0.15, -0.1) is 0 Å². The molecule has 0 aromatic heterocycles. The van der Waals surface area contributed by atoms with Gasteiger partial charge in [0.15, 0.2) is 0 Å². The topological polar surface area (TPSA) is 37.4 Å². The quantitative estimate of drug-likeness (QED) is 0.462. The zero-order valence-electron chi connectivity index (χ0n) is 17.2. The maximum atomic E-state index is 12.5. The van der Waals surface area contributed by atoms with Gasteiger partial charge in [0.25, 0.3) is 0 Å². The smallest absolute Gasteiger partial charge is 0.232 e. The number of nitrogens with zero attached hydrogens (tertiary/aromatic N) is 1. The van der Waals surface area contributed by atoms with Gasteiger partial charge in [0.1, 0.15) is 0 Å². The number of imide groups is 1. The minimum atomic E-state index is -0.170. The summed E-state index contributed by atoms with van der Waals surface area (Å²) in [5.74, 6) is 15.2. The van der Waals surface area contributed by atoms with Crippen molar-refractivity contribution in [3.63, 3.8) is 0 Å². The lowest BCUT2D eigenvalue weighted by molar-refractivity contribution is -0.138. The van der Waals surface area contributed by atoms with Crippen LogP contribution in [0.15, 0.2) is 0 Å². The maximum Gasteiger partial charge on any atom is 0.232 e. The number of carbonyl (C=O) groups excluding carboxylic acids is 2. The van der Waals surface area contributed by atoms with Crippen LogP contribution in [0.5, 0.6) is 0 Å². The Hall–Kier alpha value is -1.74. The number of rotatable bonds is 0. The molecule has 150 valence electrons. The summed E-state index contributed by atoms with van der Waals surface area (Å²) in [6.07, 6.45) is 14.1. The Bertz CT molecular complexity index is 659. The first-order chi connectivity index (χ1) is 13.6. The summed E-state index contributed by atoms with van der Waals surface area (Å²) in [6, 6.07) is 0. The van der Waals surface area contributed by atoms with E-state index in [-0.39, 0.29) is 35.5 Å². The van der Waals surface area contributed by atoms with Crippen LogP contribution in [0.3, 0.4) is 0 Å². The van der Waals surface area contributed by atoms with Gasteiger partial charge in [-0.3, -0.25) is 14.5 Å². The van der Waals surface area contributed by atoms with E-state index in [1.54, 1.807) is 7.05 Å².